The van der Waals surface area contributed by atoms with Gasteiger partial charge < -0.3 is 9.80 Å². The molecule has 1 atom stereocenters. The maximum absolute atomic E-state index is 12.6. The van der Waals surface area contributed by atoms with Gasteiger partial charge in [-0.15, -0.1) is 0 Å². The fourth-order valence-corrected chi connectivity index (χ4v) is 4.77. The van der Waals surface area contributed by atoms with Crippen LogP contribution in [0, 0.1) is 12.3 Å². The second-order valence-corrected chi connectivity index (χ2v) is 9.16. The molecular formula is C20H30N4O2S. The number of aryl methyl sites for hydroxylation is 1. The minimum Gasteiger partial charge on any atom is -0.342 e. The Balaban J connectivity index is 1.63. The van der Waals surface area contributed by atoms with Crippen LogP contribution in [-0.2, 0) is 16.1 Å². The lowest BCUT2D eigenvalue weighted by molar-refractivity contribution is -0.143. The van der Waals surface area contributed by atoms with Crippen molar-refractivity contribution in [3.8, 4) is 0 Å². The molecule has 0 saturated carbocycles. The molecule has 27 heavy (non-hydrogen) atoms. The number of amides is 2. The normalized spacial score (nSPS) is 23.1. The van der Waals surface area contributed by atoms with Gasteiger partial charge in [0, 0.05) is 49.8 Å². The van der Waals surface area contributed by atoms with Gasteiger partial charge in [-0.05, 0) is 31.9 Å². The van der Waals surface area contributed by atoms with E-state index >= 15 is 0 Å². The Morgan fingerprint density at radius 3 is 2.85 bits per heavy atom. The second-order valence-electron chi connectivity index (χ2n) is 7.76. The van der Waals surface area contributed by atoms with E-state index in [0.717, 1.165) is 61.8 Å². The quantitative estimate of drug-likeness (QED) is 0.699. The van der Waals surface area contributed by atoms with Gasteiger partial charge in [0.2, 0.25) is 11.8 Å². The summed E-state index contributed by atoms with van der Waals surface area (Å²) >= 11 is 1.82. The van der Waals surface area contributed by atoms with E-state index in [-0.39, 0.29) is 17.2 Å². The van der Waals surface area contributed by atoms with Crippen molar-refractivity contribution in [2.75, 3.05) is 31.1 Å². The highest BCUT2D eigenvalue weighted by molar-refractivity contribution is 7.99. The van der Waals surface area contributed by atoms with Crippen LogP contribution in [-0.4, -0.2) is 62.7 Å². The van der Waals surface area contributed by atoms with Crippen molar-refractivity contribution in [1.29, 1.82) is 0 Å². The molecule has 0 aliphatic carbocycles. The number of carbonyl (C=O) groups is 2. The van der Waals surface area contributed by atoms with Gasteiger partial charge in [-0.3, -0.25) is 19.6 Å². The summed E-state index contributed by atoms with van der Waals surface area (Å²) in [6.45, 7) is 6.89. The maximum atomic E-state index is 12.6. The zero-order valence-electron chi connectivity index (χ0n) is 16.4. The van der Waals surface area contributed by atoms with Crippen molar-refractivity contribution in [3.05, 3.63) is 23.8 Å². The van der Waals surface area contributed by atoms with Crippen molar-refractivity contribution in [1.82, 2.24) is 19.8 Å². The molecule has 0 radical (unpaired) electrons. The highest BCUT2D eigenvalue weighted by Gasteiger charge is 2.42. The molecule has 2 aliphatic rings. The first-order valence-electron chi connectivity index (χ1n) is 9.92. The van der Waals surface area contributed by atoms with Crippen molar-refractivity contribution in [3.63, 3.8) is 0 Å². The van der Waals surface area contributed by atoms with Crippen LogP contribution in [0.1, 0.15) is 50.4 Å². The van der Waals surface area contributed by atoms with E-state index in [1.165, 1.54) is 0 Å². The Morgan fingerprint density at radius 2 is 2.11 bits per heavy atom. The van der Waals surface area contributed by atoms with E-state index in [1.54, 1.807) is 12.4 Å². The van der Waals surface area contributed by atoms with Crippen LogP contribution in [0.2, 0.25) is 0 Å². The topological polar surface area (TPSA) is 66.4 Å². The third-order valence-electron chi connectivity index (χ3n) is 5.61. The van der Waals surface area contributed by atoms with Crippen LogP contribution < -0.4 is 0 Å². The number of carbonyl (C=O) groups excluding carboxylic acids is 2. The summed E-state index contributed by atoms with van der Waals surface area (Å²) in [6.07, 6.45) is 7.68. The lowest BCUT2D eigenvalue weighted by Crippen LogP contribution is -2.54. The minimum absolute atomic E-state index is 0.0395. The first-order chi connectivity index (χ1) is 13.0. The number of rotatable bonds is 6. The number of hydrogen-bond acceptors (Lipinski definition) is 5. The Kier molecular flexibility index (Phi) is 6.73. The SMILES string of the molecule is CCSCCC(=O)N1CCC[C@@]2(CCC(=O)N(Cc3cnc(C)cn3)C2)C1. The second kappa shape index (κ2) is 9.04. The molecule has 2 amide bonds. The number of thioether (sulfide) groups is 1. The van der Waals surface area contributed by atoms with Crippen LogP contribution in [0.4, 0.5) is 0 Å². The zero-order chi connectivity index (χ0) is 19.3. The number of piperidine rings is 2. The largest absolute Gasteiger partial charge is 0.342 e. The van der Waals surface area contributed by atoms with Crippen molar-refractivity contribution < 1.29 is 9.59 Å². The van der Waals surface area contributed by atoms with Gasteiger partial charge in [0.15, 0.2) is 0 Å². The van der Waals surface area contributed by atoms with Gasteiger partial charge in [-0.2, -0.15) is 11.8 Å². The molecule has 3 heterocycles. The maximum Gasteiger partial charge on any atom is 0.223 e. The number of hydrogen-bond donors (Lipinski definition) is 0. The highest BCUT2D eigenvalue weighted by atomic mass is 32.2. The van der Waals surface area contributed by atoms with E-state index in [2.05, 4.69) is 16.9 Å². The van der Waals surface area contributed by atoms with Crippen molar-refractivity contribution in [2.45, 2.75) is 52.5 Å². The molecule has 3 rings (SSSR count). The molecule has 0 aromatic carbocycles. The predicted molar refractivity (Wildman–Crippen MR) is 107 cm³/mol. The zero-order valence-corrected chi connectivity index (χ0v) is 17.3. The molecule has 148 valence electrons. The van der Waals surface area contributed by atoms with Gasteiger partial charge >= 0.3 is 0 Å². The van der Waals surface area contributed by atoms with E-state index < -0.39 is 0 Å². The summed E-state index contributed by atoms with van der Waals surface area (Å²) in [7, 11) is 0. The smallest absolute Gasteiger partial charge is 0.223 e. The summed E-state index contributed by atoms with van der Waals surface area (Å²) in [5.74, 6) is 2.40. The van der Waals surface area contributed by atoms with Crippen LogP contribution in [0.5, 0.6) is 0 Å². The molecule has 1 aromatic heterocycles. The van der Waals surface area contributed by atoms with Gasteiger partial charge in [0.05, 0.1) is 24.1 Å². The molecule has 0 unspecified atom stereocenters. The Bertz CT molecular complexity index is 666. The fourth-order valence-electron chi connectivity index (χ4n) is 4.16. The highest BCUT2D eigenvalue weighted by Crippen LogP contribution is 2.39. The van der Waals surface area contributed by atoms with Gasteiger partial charge in [0.25, 0.3) is 0 Å². The summed E-state index contributed by atoms with van der Waals surface area (Å²) < 4.78 is 0. The monoisotopic (exact) mass is 390 g/mol. The molecule has 2 saturated heterocycles. The lowest BCUT2D eigenvalue weighted by Gasteiger charge is -2.48. The Morgan fingerprint density at radius 1 is 1.26 bits per heavy atom. The number of nitrogens with zero attached hydrogens (tertiary/aromatic N) is 4. The lowest BCUT2D eigenvalue weighted by atomic mass is 9.73. The number of aromatic nitrogens is 2. The molecule has 0 bridgehead atoms. The van der Waals surface area contributed by atoms with Crippen molar-refractivity contribution in [2.24, 2.45) is 5.41 Å². The molecule has 2 fully saturated rings. The third-order valence-corrected chi connectivity index (χ3v) is 6.51. The van der Waals surface area contributed by atoms with E-state index in [9.17, 15) is 9.59 Å². The van der Waals surface area contributed by atoms with Gasteiger partial charge in [0.1, 0.15) is 0 Å². The number of likely N-dealkylation sites (tertiary alicyclic amines) is 2. The van der Waals surface area contributed by atoms with E-state index in [4.69, 9.17) is 0 Å². The molecule has 0 N–H and O–H groups in total. The fraction of sp³-hybridized carbons (Fsp3) is 0.700. The van der Waals surface area contributed by atoms with Crippen LogP contribution in [0.25, 0.3) is 0 Å². The summed E-state index contributed by atoms with van der Waals surface area (Å²) in [6, 6.07) is 0. The minimum atomic E-state index is 0.0395. The molecule has 1 aromatic rings. The summed E-state index contributed by atoms with van der Waals surface area (Å²) in [4.78, 5) is 37.7. The molecule has 7 heteroatoms. The summed E-state index contributed by atoms with van der Waals surface area (Å²) in [5, 5.41) is 0. The average Bonchev–Trinajstić information content (AvgIpc) is 2.67. The predicted octanol–water partition coefficient (Wildman–Crippen LogP) is 2.66. The summed E-state index contributed by atoms with van der Waals surface area (Å²) in [5.41, 5.74) is 1.74. The van der Waals surface area contributed by atoms with Crippen molar-refractivity contribution >= 4 is 23.6 Å². The van der Waals surface area contributed by atoms with Crippen LogP contribution in [0.15, 0.2) is 12.4 Å². The molecule has 1 spiro atoms. The van der Waals surface area contributed by atoms with Crippen LogP contribution in [0.3, 0.4) is 0 Å². The standard InChI is InChI=1S/C20H30N4O2S/c1-3-27-10-6-19(26)23-9-4-7-20(14-23)8-5-18(25)24(15-20)13-17-12-21-16(2)11-22-17/h11-12H,3-10,13-15H2,1-2H3/t20-/m1/s1. The van der Waals surface area contributed by atoms with E-state index in [0.29, 0.717) is 19.4 Å². The molecule has 6 nitrogen and oxygen atoms in total. The van der Waals surface area contributed by atoms with E-state index in [1.807, 2.05) is 28.5 Å². The average molecular weight is 391 g/mol. The van der Waals surface area contributed by atoms with Gasteiger partial charge in [-0.25, -0.2) is 0 Å². The van der Waals surface area contributed by atoms with Crippen LogP contribution >= 0.6 is 11.8 Å². The van der Waals surface area contributed by atoms with Gasteiger partial charge in [-0.1, -0.05) is 6.92 Å². The molecular weight excluding hydrogens is 360 g/mol. The first kappa shape index (κ1) is 20.1. The molecule has 2 aliphatic heterocycles. The Hall–Kier alpha value is -1.63. The third kappa shape index (κ3) is 5.21. The first-order valence-corrected chi connectivity index (χ1v) is 11.1. The Labute approximate surface area is 166 Å².